The highest BCUT2D eigenvalue weighted by Crippen LogP contribution is 2.31. The average Bonchev–Trinajstić information content (AvgIpc) is 3.20. The maximum atomic E-state index is 12.1. The minimum atomic E-state index is -0.289. The van der Waals surface area contributed by atoms with Crippen molar-refractivity contribution in [3.05, 3.63) is 46.6 Å². The quantitative estimate of drug-likeness (QED) is 0.856. The summed E-state index contributed by atoms with van der Waals surface area (Å²) >= 11 is 0. The molecular weight excluding hydrogens is 308 g/mol. The lowest BCUT2D eigenvalue weighted by Gasteiger charge is -2.21. The van der Waals surface area contributed by atoms with Gasteiger partial charge in [-0.3, -0.25) is 4.79 Å². The zero-order chi connectivity index (χ0) is 17.1. The number of nitrogens with zero attached hydrogens (tertiary/aromatic N) is 2. The molecule has 7 nitrogen and oxygen atoms in total. The van der Waals surface area contributed by atoms with Crippen LogP contribution in [0.1, 0.15) is 16.9 Å². The van der Waals surface area contributed by atoms with E-state index >= 15 is 0 Å². The molecule has 0 bridgehead atoms. The van der Waals surface area contributed by atoms with Gasteiger partial charge in [-0.15, -0.1) is 0 Å². The second kappa shape index (κ2) is 6.82. The molecule has 3 rings (SSSR count). The Bertz CT molecular complexity index is 780. The molecule has 0 saturated carbocycles. The number of aromatic nitrogens is 2. The monoisotopic (exact) mass is 330 g/mol. The van der Waals surface area contributed by atoms with Gasteiger partial charge in [-0.2, -0.15) is 0 Å². The largest absolute Gasteiger partial charge is 0.495 e. The van der Waals surface area contributed by atoms with Crippen LogP contribution in [0.3, 0.4) is 0 Å². The van der Waals surface area contributed by atoms with Gasteiger partial charge in [-0.25, -0.2) is 4.79 Å². The Labute approximate surface area is 140 Å². The minimum absolute atomic E-state index is 0.247. The molecular formula is C17H22N4O3. The number of H-pyrrole nitrogens is 1. The number of ether oxygens (including phenoxy) is 1. The van der Waals surface area contributed by atoms with Gasteiger partial charge >= 0.3 is 5.69 Å². The van der Waals surface area contributed by atoms with Gasteiger partial charge in [0.1, 0.15) is 11.4 Å². The lowest BCUT2D eigenvalue weighted by atomic mass is 10.1. The van der Waals surface area contributed by atoms with Crippen molar-refractivity contribution in [1.82, 2.24) is 14.9 Å². The molecule has 1 aliphatic rings. The SMILES string of the molecule is COc1ccccc1N1CCC(CNC(=O)c2cn(C)c(=O)[nH]2)C1. The molecule has 24 heavy (non-hydrogen) atoms. The molecule has 1 saturated heterocycles. The third-order valence-electron chi connectivity index (χ3n) is 4.39. The van der Waals surface area contributed by atoms with Crippen LogP contribution in [0, 0.1) is 5.92 Å². The molecule has 0 spiro atoms. The van der Waals surface area contributed by atoms with Crippen molar-refractivity contribution < 1.29 is 9.53 Å². The molecule has 1 atom stereocenters. The van der Waals surface area contributed by atoms with Crippen molar-refractivity contribution in [2.24, 2.45) is 13.0 Å². The summed E-state index contributed by atoms with van der Waals surface area (Å²) in [6.07, 6.45) is 2.51. The van der Waals surface area contributed by atoms with Gasteiger partial charge in [0.2, 0.25) is 0 Å². The van der Waals surface area contributed by atoms with Crippen molar-refractivity contribution in [3.8, 4) is 5.75 Å². The van der Waals surface area contributed by atoms with Crippen LogP contribution < -0.4 is 20.6 Å². The summed E-state index contributed by atoms with van der Waals surface area (Å²) in [6.45, 7) is 2.39. The Morgan fingerprint density at radius 1 is 1.42 bits per heavy atom. The van der Waals surface area contributed by atoms with Crippen molar-refractivity contribution in [1.29, 1.82) is 0 Å². The van der Waals surface area contributed by atoms with Crippen molar-refractivity contribution in [3.63, 3.8) is 0 Å². The van der Waals surface area contributed by atoms with Gasteiger partial charge in [0, 0.05) is 32.9 Å². The first-order chi connectivity index (χ1) is 11.6. The Balaban J connectivity index is 1.56. The molecule has 1 aromatic carbocycles. The zero-order valence-electron chi connectivity index (χ0n) is 13.9. The number of imidazole rings is 1. The van der Waals surface area contributed by atoms with Crippen LogP contribution in [0.2, 0.25) is 0 Å². The van der Waals surface area contributed by atoms with Gasteiger partial charge in [-0.05, 0) is 24.5 Å². The highest BCUT2D eigenvalue weighted by atomic mass is 16.5. The fourth-order valence-electron chi connectivity index (χ4n) is 3.04. The van der Waals surface area contributed by atoms with Crippen LogP contribution in [0.5, 0.6) is 5.75 Å². The summed E-state index contributed by atoms with van der Waals surface area (Å²) in [5, 5.41) is 2.90. The normalized spacial score (nSPS) is 17.1. The van der Waals surface area contributed by atoms with Gasteiger partial charge in [0.05, 0.1) is 12.8 Å². The van der Waals surface area contributed by atoms with Crippen LogP contribution in [-0.4, -0.2) is 42.2 Å². The molecule has 1 aliphatic heterocycles. The Kier molecular flexibility index (Phi) is 4.59. The highest BCUT2D eigenvalue weighted by molar-refractivity contribution is 5.92. The first-order valence-electron chi connectivity index (χ1n) is 8.00. The van der Waals surface area contributed by atoms with E-state index in [9.17, 15) is 9.59 Å². The Morgan fingerprint density at radius 2 is 2.21 bits per heavy atom. The summed E-state index contributed by atoms with van der Waals surface area (Å²) in [4.78, 5) is 28.3. The van der Waals surface area contributed by atoms with Gasteiger partial charge in [-0.1, -0.05) is 12.1 Å². The smallest absolute Gasteiger partial charge is 0.325 e. The maximum absolute atomic E-state index is 12.1. The van der Waals surface area contributed by atoms with E-state index in [-0.39, 0.29) is 11.6 Å². The predicted octanol–water partition coefficient (Wildman–Crippen LogP) is 0.978. The number of aryl methyl sites for hydroxylation is 1. The number of para-hydroxylation sites is 2. The van der Waals surface area contributed by atoms with E-state index in [1.807, 2.05) is 18.2 Å². The topological polar surface area (TPSA) is 79.4 Å². The second-order valence-electron chi connectivity index (χ2n) is 6.07. The number of rotatable bonds is 5. The lowest BCUT2D eigenvalue weighted by molar-refractivity contribution is 0.0943. The number of carbonyl (C=O) groups is 1. The van der Waals surface area contributed by atoms with Gasteiger partial charge in [0.15, 0.2) is 0 Å². The minimum Gasteiger partial charge on any atom is -0.495 e. The molecule has 1 unspecified atom stereocenters. The van der Waals surface area contributed by atoms with Crippen LogP contribution >= 0.6 is 0 Å². The predicted molar refractivity (Wildman–Crippen MR) is 91.7 cm³/mol. The maximum Gasteiger partial charge on any atom is 0.325 e. The van der Waals surface area contributed by atoms with Crippen LogP contribution in [0.4, 0.5) is 5.69 Å². The number of methoxy groups -OCH3 is 1. The number of nitrogens with one attached hydrogen (secondary N) is 2. The number of benzene rings is 1. The molecule has 1 amide bonds. The molecule has 0 radical (unpaired) electrons. The molecule has 1 aromatic heterocycles. The number of carbonyl (C=O) groups excluding carboxylic acids is 1. The summed E-state index contributed by atoms with van der Waals surface area (Å²) < 4.78 is 6.77. The molecule has 1 fully saturated rings. The highest BCUT2D eigenvalue weighted by Gasteiger charge is 2.25. The van der Waals surface area contributed by atoms with Gasteiger partial charge < -0.3 is 24.5 Å². The van der Waals surface area contributed by atoms with E-state index in [0.717, 1.165) is 30.9 Å². The number of aromatic amines is 1. The van der Waals surface area contributed by atoms with Crippen LogP contribution in [-0.2, 0) is 7.05 Å². The van der Waals surface area contributed by atoms with Gasteiger partial charge in [0.25, 0.3) is 5.91 Å². The zero-order valence-corrected chi connectivity index (χ0v) is 13.9. The standard InChI is InChI=1S/C17H22N4O3/c1-20-11-13(19-17(20)23)16(22)18-9-12-7-8-21(10-12)14-5-3-4-6-15(14)24-2/h3-6,11-12H,7-10H2,1-2H3,(H,18,22)(H,19,23). The van der Waals surface area contributed by atoms with E-state index in [2.05, 4.69) is 21.3 Å². The summed E-state index contributed by atoms with van der Waals surface area (Å²) in [6, 6.07) is 7.96. The van der Waals surface area contributed by atoms with Crippen LogP contribution in [0.25, 0.3) is 0 Å². The summed E-state index contributed by atoms with van der Waals surface area (Å²) in [5.74, 6) is 0.988. The van der Waals surface area contributed by atoms with E-state index in [1.54, 1.807) is 14.2 Å². The third kappa shape index (κ3) is 3.29. The molecule has 2 N–H and O–H groups in total. The van der Waals surface area contributed by atoms with Crippen molar-refractivity contribution >= 4 is 11.6 Å². The lowest BCUT2D eigenvalue weighted by Crippen LogP contribution is -2.31. The molecule has 7 heteroatoms. The fourth-order valence-corrected chi connectivity index (χ4v) is 3.04. The van der Waals surface area contributed by atoms with Crippen molar-refractivity contribution in [2.45, 2.75) is 6.42 Å². The van der Waals surface area contributed by atoms with E-state index in [4.69, 9.17) is 4.74 Å². The summed E-state index contributed by atoms with van der Waals surface area (Å²) in [5.41, 5.74) is 1.09. The molecule has 2 heterocycles. The van der Waals surface area contributed by atoms with E-state index in [0.29, 0.717) is 18.2 Å². The number of hydrogen-bond donors (Lipinski definition) is 2. The number of anilines is 1. The van der Waals surface area contributed by atoms with E-state index < -0.39 is 0 Å². The van der Waals surface area contributed by atoms with E-state index in [1.165, 1.54) is 10.8 Å². The summed E-state index contributed by atoms with van der Waals surface area (Å²) in [7, 11) is 3.28. The fraction of sp³-hybridized carbons (Fsp3) is 0.412. The molecule has 128 valence electrons. The second-order valence-corrected chi connectivity index (χ2v) is 6.07. The van der Waals surface area contributed by atoms with Crippen molar-refractivity contribution in [2.75, 3.05) is 31.6 Å². The average molecular weight is 330 g/mol. The first kappa shape index (κ1) is 16.2. The first-order valence-corrected chi connectivity index (χ1v) is 8.00. The molecule has 2 aromatic rings. The van der Waals surface area contributed by atoms with Crippen LogP contribution in [0.15, 0.2) is 35.3 Å². The third-order valence-corrected chi connectivity index (χ3v) is 4.39. The Hall–Kier alpha value is -2.70. The number of hydrogen-bond acceptors (Lipinski definition) is 4. The number of amides is 1. The Morgan fingerprint density at radius 3 is 2.92 bits per heavy atom. The molecule has 0 aliphatic carbocycles.